The largest absolute Gasteiger partial charge is 0.324 e. The number of fused-ring (bicyclic) bond motifs is 1. The number of halogens is 1. The Balaban J connectivity index is 2.74. The van der Waals surface area contributed by atoms with Crippen LogP contribution in [0, 0.1) is 0 Å². The van der Waals surface area contributed by atoms with Crippen LogP contribution in [0.15, 0.2) is 29.0 Å². The third-order valence-corrected chi connectivity index (χ3v) is 2.49. The van der Waals surface area contributed by atoms with Gasteiger partial charge in [0.25, 0.3) is 0 Å². The molecule has 5 heteroatoms. The summed E-state index contributed by atoms with van der Waals surface area (Å²) in [7, 11) is 0. The molecule has 0 saturated heterocycles. The highest BCUT2D eigenvalue weighted by molar-refractivity contribution is 9.10. The van der Waals surface area contributed by atoms with Gasteiger partial charge in [0, 0.05) is 6.20 Å². The van der Waals surface area contributed by atoms with Crippen molar-refractivity contribution in [1.82, 2.24) is 9.38 Å². The number of carbonyl (C=O) groups excluding carboxylic acids is 1. The summed E-state index contributed by atoms with van der Waals surface area (Å²) in [5, 5.41) is 0. The molecule has 0 radical (unpaired) electrons. The highest BCUT2D eigenvalue weighted by Gasteiger charge is 2.15. The van der Waals surface area contributed by atoms with E-state index in [1.54, 1.807) is 10.6 Å². The second kappa shape index (κ2) is 3.51. The number of hydrogen-bond acceptors (Lipinski definition) is 3. The molecule has 2 aromatic heterocycles. The lowest BCUT2D eigenvalue weighted by molar-refractivity contribution is 0.0995. The van der Waals surface area contributed by atoms with Gasteiger partial charge in [-0.1, -0.05) is 6.07 Å². The van der Waals surface area contributed by atoms with Crippen molar-refractivity contribution in [2.24, 2.45) is 5.73 Å². The SMILES string of the molecule is NCC(=O)c1c(Br)nc2ccccn12. The minimum Gasteiger partial charge on any atom is -0.324 e. The van der Waals surface area contributed by atoms with Gasteiger partial charge < -0.3 is 5.73 Å². The van der Waals surface area contributed by atoms with Gasteiger partial charge in [0.1, 0.15) is 15.9 Å². The maximum Gasteiger partial charge on any atom is 0.195 e. The summed E-state index contributed by atoms with van der Waals surface area (Å²) in [6.07, 6.45) is 1.79. The summed E-state index contributed by atoms with van der Waals surface area (Å²) in [4.78, 5) is 15.7. The maximum absolute atomic E-state index is 11.5. The molecule has 2 rings (SSSR count). The summed E-state index contributed by atoms with van der Waals surface area (Å²) in [5.74, 6) is -0.129. The van der Waals surface area contributed by atoms with Crippen LogP contribution in [0.1, 0.15) is 10.5 Å². The fraction of sp³-hybridized carbons (Fsp3) is 0.111. The second-order valence-electron chi connectivity index (χ2n) is 2.81. The molecule has 2 heterocycles. The van der Waals surface area contributed by atoms with Crippen LogP contribution < -0.4 is 5.73 Å². The van der Waals surface area contributed by atoms with Gasteiger partial charge in [-0.3, -0.25) is 9.20 Å². The van der Waals surface area contributed by atoms with E-state index >= 15 is 0 Å². The standard InChI is InChI=1S/C9H8BrN3O/c10-9-8(6(14)5-11)13-4-2-1-3-7(13)12-9/h1-4H,5,11H2. The lowest BCUT2D eigenvalue weighted by atomic mass is 10.3. The van der Waals surface area contributed by atoms with Gasteiger partial charge in [0.15, 0.2) is 5.78 Å². The summed E-state index contributed by atoms with van der Waals surface area (Å²) < 4.78 is 2.26. The first-order valence-electron chi connectivity index (χ1n) is 4.10. The number of imidazole rings is 1. The molecule has 0 bridgehead atoms. The molecule has 2 aromatic rings. The summed E-state index contributed by atoms with van der Waals surface area (Å²) in [6, 6.07) is 5.54. The smallest absolute Gasteiger partial charge is 0.195 e. The molecule has 0 saturated carbocycles. The van der Waals surface area contributed by atoms with Gasteiger partial charge in [-0.15, -0.1) is 0 Å². The number of hydrogen-bond donors (Lipinski definition) is 1. The minimum atomic E-state index is -0.129. The van der Waals surface area contributed by atoms with Crippen molar-refractivity contribution in [3.63, 3.8) is 0 Å². The van der Waals surface area contributed by atoms with Crippen LogP contribution in [-0.2, 0) is 0 Å². The molecule has 0 aromatic carbocycles. The highest BCUT2D eigenvalue weighted by atomic mass is 79.9. The summed E-state index contributed by atoms with van der Waals surface area (Å²) in [5.41, 5.74) is 6.55. The van der Waals surface area contributed by atoms with E-state index in [1.807, 2.05) is 18.2 Å². The molecule has 0 unspecified atom stereocenters. The Labute approximate surface area is 88.9 Å². The average Bonchev–Trinajstić information content (AvgIpc) is 2.53. The summed E-state index contributed by atoms with van der Waals surface area (Å²) >= 11 is 3.24. The molecule has 0 aliphatic heterocycles. The Bertz CT molecular complexity index is 492. The number of ketones is 1. The maximum atomic E-state index is 11.5. The van der Waals surface area contributed by atoms with Crippen molar-refractivity contribution in [3.8, 4) is 0 Å². The first-order valence-corrected chi connectivity index (χ1v) is 4.89. The monoisotopic (exact) mass is 253 g/mol. The Kier molecular flexibility index (Phi) is 2.35. The minimum absolute atomic E-state index is 0.0126. The topological polar surface area (TPSA) is 60.4 Å². The van der Waals surface area contributed by atoms with E-state index < -0.39 is 0 Å². The quantitative estimate of drug-likeness (QED) is 0.820. The number of nitrogens with two attached hydrogens (primary N) is 1. The second-order valence-corrected chi connectivity index (χ2v) is 3.56. The van der Waals surface area contributed by atoms with Gasteiger partial charge in [0.05, 0.1) is 6.54 Å². The Morgan fingerprint density at radius 1 is 1.57 bits per heavy atom. The number of pyridine rings is 1. The zero-order valence-electron chi connectivity index (χ0n) is 7.27. The van der Waals surface area contributed by atoms with Crippen molar-refractivity contribution >= 4 is 27.4 Å². The van der Waals surface area contributed by atoms with Crippen LogP contribution in [0.3, 0.4) is 0 Å². The fourth-order valence-electron chi connectivity index (χ4n) is 1.31. The van der Waals surface area contributed by atoms with Crippen LogP contribution in [0.4, 0.5) is 0 Å². The third kappa shape index (κ3) is 1.34. The van der Waals surface area contributed by atoms with E-state index in [1.165, 1.54) is 0 Å². The van der Waals surface area contributed by atoms with Crippen molar-refractivity contribution in [1.29, 1.82) is 0 Å². The Morgan fingerprint density at radius 2 is 2.36 bits per heavy atom. The molecule has 0 aliphatic rings. The van der Waals surface area contributed by atoms with E-state index in [0.717, 1.165) is 5.65 Å². The van der Waals surface area contributed by atoms with E-state index in [9.17, 15) is 4.79 Å². The molecular formula is C9H8BrN3O. The van der Waals surface area contributed by atoms with Gasteiger partial charge in [-0.25, -0.2) is 4.98 Å². The molecule has 4 nitrogen and oxygen atoms in total. The number of nitrogens with zero attached hydrogens (tertiary/aromatic N) is 2. The van der Waals surface area contributed by atoms with E-state index in [0.29, 0.717) is 10.3 Å². The van der Waals surface area contributed by atoms with Crippen molar-refractivity contribution in [2.45, 2.75) is 0 Å². The number of aromatic nitrogens is 2. The first kappa shape index (κ1) is 9.36. The van der Waals surface area contributed by atoms with Crippen LogP contribution in [0.25, 0.3) is 5.65 Å². The zero-order chi connectivity index (χ0) is 10.1. The van der Waals surface area contributed by atoms with Gasteiger partial charge in [-0.05, 0) is 28.1 Å². The van der Waals surface area contributed by atoms with E-state index in [2.05, 4.69) is 20.9 Å². The lowest BCUT2D eigenvalue weighted by Crippen LogP contribution is -2.15. The van der Waals surface area contributed by atoms with Crippen LogP contribution in [-0.4, -0.2) is 21.7 Å². The lowest BCUT2D eigenvalue weighted by Gasteiger charge is -1.98. The van der Waals surface area contributed by atoms with Gasteiger partial charge in [-0.2, -0.15) is 0 Å². The highest BCUT2D eigenvalue weighted by Crippen LogP contribution is 2.18. The molecule has 0 atom stereocenters. The molecule has 72 valence electrons. The molecular weight excluding hydrogens is 246 g/mol. The molecule has 0 fully saturated rings. The van der Waals surface area contributed by atoms with Crippen LogP contribution in [0.5, 0.6) is 0 Å². The Hall–Kier alpha value is -1.20. The van der Waals surface area contributed by atoms with Crippen molar-refractivity contribution in [3.05, 3.63) is 34.7 Å². The van der Waals surface area contributed by atoms with Gasteiger partial charge >= 0.3 is 0 Å². The van der Waals surface area contributed by atoms with E-state index in [4.69, 9.17) is 5.73 Å². The van der Waals surface area contributed by atoms with Crippen LogP contribution in [0.2, 0.25) is 0 Å². The van der Waals surface area contributed by atoms with Crippen molar-refractivity contribution < 1.29 is 4.79 Å². The average molecular weight is 254 g/mol. The molecule has 2 N–H and O–H groups in total. The van der Waals surface area contributed by atoms with E-state index in [-0.39, 0.29) is 12.3 Å². The normalized spacial score (nSPS) is 10.7. The third-order valence-electron chi connectivity index (χ3n) is 1.94. The van der Waals surface area contributed by atoms with Crippen molar-refractivity contribution in [2.75, 3.05) is 6.54 Å². The number of rotatable bonds is 2. The van der Waals surface area contributed by atoms with Crippen LogP contribution >= 0.6 is 15.9 Å². The molecule has 0 amide bonds. The molecule has 0 spiro atoms. The summed E-state index contributed by atoms with van der Waals surface area (Å²) in [6.45, 7) is -0.0126. The zero-order valence-corrected chi connectivity index (χ0v) is 8.86. The van der Waals surface area contributed by atoms with Gasteiger partial charge in [0.2, 0.25) is 0 Å². The first-order chi connectivity index (χ1) is 6.74. The number of carbonyl (C=O) groups is 1. The molecule has 0 aliphatic carbocycles. The number of Topliss-reactive ketones (excluding diaryl/α,β-unsaturated/α-hetero) is 1. The Morgan fingerprint density at radius 3 is 3.07 bits per heavy atom. The predicted molar refractivity (Wildman–Crippen MR) is 56.3 cm³/mol. The fourth-order valence-corrected chi connectivity index (χ4v) is 1.91. The predicted octanol–water partition coefficient (Wildman–Crippen LogP) is 1.24. The molecule has 14 heavy (non-hydrogen) atoms.